The number of fused-ring (bicyclic) bond motifs is 1. The number of likely N-dealkylation sites (tertiary alicyclic amines) is 1. The molecule has 1 atom stereocenters. The van der Waals surface area contributed by atoms with Gasteiger partial charge in [-0.2, -0.15) is 13.2 Å². The summed E-state index contributed by atoms with van der Waals surface area (Å²) in [5.41, 5.74) is 0.636. The summed E-state index contributed by atoms with van der Waals surface area (Å²) in [7, 11) is 0. The molecule has 0 aliphatic carbocycles. The Balaban J connectivity index is 1.37. The van der Waals surface area contributed by atoms with Crippen molar-refractivity contribution in [3.8, 4) is 16.9 Å². The summed E-state index contributed by atoms with van der Waals surface area (Å²) in [5.74, 6) is 0.690. The molecule has 9 heteroatoms. The Morgan fingerprint density at radius 2 is 1.89 bits per heavy atom. The third-order valence-electron chi connectivity index (χ3n) is 5.98. The van der Waals surface area contributed by atoms with Crippen LogP contribution < -0.4 is 4.74 Å². The van der Waals surface area contributed by atoms with Crippen molar-refractivity contribution in [1.82, 2.24) is 9.88 Å². The highest BCUT2D eigenvalue weighted by Crippen LogP contribution is 2.39. The van der Waals surface area contributed by atoms with Crippen LogP contribution >= 0.6 is 11.6 Å². The van der Waals surface area contributed by atoms with Gasteiger partial charge in [0.1, 0.15) is 17.3 Å². The summed E-state index contributed by atoms with van der Waals surface area (Å²) in [5, 5.41) is 0.573. The van der Waals surface area contributed by atoms with Crippen molar-refractivity contribution in [2.45, 2.75) is 25.1 Å². The van der Waals surface area contributed by atoms with E-state index in [2.05, 4.69) is 4.98 Å². The molecule has 35 heavy (non-hydrogen) atoms. The smallest absolute Gasteiger partial charge is 0.417 e. The van der Waals surface area contributed by atoms with Crippen LogP contribution in [0.15, 0.2) is 71.1 Å². The average molecular weight is 501 g/mol. The SMILES string of the molecule is O=C(COc1ccc(Cl)cc1)N1CCCC1c1nc2cc(-c3ccccc3C(F)(F)F)ccc2o1. The van der Waals surface area contributed by atoms with Crippen molar-refractivity contribution in [3.05, 3.63) is 83.2 Å². The van der Waals surface area contributed by atoms with Crippen molar-refractivity contribution >= 4 is 28.6 Å². The largest absolute Gasteiger partial charge is 0.484 e. The van der Waals surface area contributed by atoms with Crippen LogP contribution in [0.4, 0.5) is 13.2 Å². The second-order valence-corrected chi connectivity index (χ2v) is 8.70. The number of ether oxygens (including phenoxy) is 1. The second kappa shape index (κ2) is 9.26. The molecule has 0 bridgehead atoms. The molecule has 0 N–H and O–H groups in total. The minimum absolute atomic E-state index is 0.0727. The molecule has 5 nitrogen and oxygen atoms in total. The molecule has 3 aromatic carbocycles. The van der Waals surface area contributed by atoms with Crippen LogP contribution in [0.1, 0.15) is 30.3 Å². The fourth-order valence-electron chi connectivity index (χ4n) is 4.32. The van der Waals surface area contributed by atoms with E-state index in [1.807, 2.05) is 0 Å². The van der Waals surface area contributed by atoms with Crippen molar-refractivity contribution in [2.24, 2.45) is 0 Å². The van der Waals surface area contributed by atoms with Crippen LogP contribution in [-0.4, -0.2) is 28.9 Å². The van der Waals surface area contributed by atoms with Gasteiger partial charge in [0.15, 0.2) is 12.2 Å². The number of hydrogen-bond donors (Lipinski definition) is 0. The van der Waals surface area contributed by atoms with Gasteiger partial charge in [-0.3, -0.25) is 4.79 Å². The Kier molecular flexibility index (Phi) is 6.15. The summed E-state index contributed by atoms with van der Waals surface area (Å²) in [6, 6.07) is 16.6. The first-order chi connectivity index (χ1) is 16.8. The van der Waals surface area contributed by atoms with Gasteiger partial charge in [-0.1, -0.05) is 35.9 Å². The van der Waals surface area contributed by atoms with Crippen LogP contribution in [0, 0.1) is 0 Å². The molecule has 0 radical (unpaired) electrons. The fourth-order valence-corrected chi connectivity index (χ4v) is 4.44. The van der Waals surface area contributed by atoms with E-state index in [4.69, 9.17) is 20.8 Å². The normalized spacial score (nSPS) is 16.1. The summed E-state index contributed by atoms with van der Waals surface area (Å²) in [6.07, 6.45) is -3.02. The van der Waals surface area contributed by atoms with Crippen LogP contribution in [-0.2, 0) is 11.0 Å². The topological polar surface area (TPSA) is 55.6 Å². The Labute approximate surface area is 204 Å². The summed E-state index contributed by atoms with van der Waals surface area (Å²) in [4.78, 5) is 19.1. The average Bonchev–Trinajstić information content (AvgIpc) is 3.49. The van der Waals surface area contributed by atoms with E-state index < -0.39 is 11.7 Å². The van der Waals surface area contributed by atoms with Gasteiger partial charge in [0.2, 0.25) is 5.89 Å². The molecule has 1 unspecified atom stereocenters. The molecule has 180 valence electrons. The Morgan fingerprint density at radius 3 is 2.66 bits per heavy atom. The van der Waals surface area contributed by atoms with Crippen LogP contribution in [0.25, 0.3) is 22.2 Å². The Bertz CT molecular complexity index is 1370. The van der Waals surface area contributed by atoms with Gasteiger partial charge in [0, 0.05) is 11.6 Å². The number of alkyl halides is 3. The molecule has 5 rings (SSSR count). The number of carbonyl (C=O) groups excluding carboxylic acids is 1. The fraction of sp³-hybridized carbons (Fsp3) is 0.231. The number of nitrogens with zero attached hydrogens (tertiary/aromatic N) is 2. The molecule has 1 fully saturated rings. The maximum Gasteiger partial charge on any atom is 0.417 e. The summed E-state index contributed by atoms with van der Waals surface area (Å²) >= 11 is 5.87. The van der Waals surface area contributed by atoms with Gasteiger partial charge in [0.05, 0.1) is 5.56 Å². The van der Waals surface area contributed by atoms with E-state index in [9.17, 15) is 18.0 Å². The lowest BCUT2D eigenvalue weighted by atomic mass is 9.99. The molecule has 1 amide bonds. The summed E-state index contributed by atoms with van der Waals surface area (Å²) in [6.45, 7) is 0.396. The van der Waals surface area contributed by atoms with E-state index in [0.29, 0.717) is 46.3 Å². The van der Waals surface area contributed by atoms with Crippen molar-refractivity contribution in [3.63, 3.8) is 0 Å². The third kappa shape index (κ3) is 4.84. The standard InChI is InChI=1S/C26H20ClF3N2O3/c27-17-8-10-18(11-9-17)34-15-24(33)32-13-3-6-22(32)25-31-21-14-16(7-12-23(21)35-25)19-4-1-2-5-20(19)26(28,29)30/h1-2,4-5,7-12,14,22H,3,6,13,15H2. The first kappa shape index (κ1) is 23.2. The number of halogens is 4. The maximum absolute atomic E-state index is 13.5. The predicted octanol–water partition coefficient (Wildman–Crippen LogP) is 6.91. The molecule has 1 saturated heterocycles. The van der Waals surface area contributed by atoms with Gasteiger partial charge in [-0.05, 0) is 66.4 Å². The number of benzene rings is 3. The number of carbonyl (C=O) groups is 1. The first-order valence-corrected chi connectivity index (χ1v) is 11.4. The van der Waals surface area contributed by atoms with Gasteiger partial charge in [-0.25, -0.2) is 4.98 Å². The molecular weight excluding hydrogens is 481 g/mol. The first-order valence-electron chi connectivity index (χ1n) is 11.0. The van der Waals surface area contributed by atoms with Gasteiger partial charge in [-0.15, -0.1) is 0 Å². The Hall–Kier alpha value is -3.52. The molecule has 1 aromatic heterocycles. The van der Waals surface area contributed by atoms with Crippen LogP contribution in [0.3, 0.4) is 0 Å². The molecule has 0 spiro atoms. The lowest BCUT2D eigenvalue weighted by Crippen LogP contribution is -2.34. The van der Waals surface area contributed by atoms with Crippen molar-refractivity contribution in [2.75, 3.05) is 13.2 Å². The van der Waals surface area contributed by atoms with E-state index in [-0.39, 0.29) is 24.1 Å². The van der Waals surface area contributed by atoms with Gasteiger partial charge in [0.25, 0.3) is 5.91 Å². The molecule has 2 heterocycles. The number of hydrogen-bond acceptors (Lipinski definition) is 4. The number of amides is 1. The van der Waals surface area contributed by atoms with Crippen LogP contribution in [0.2, 0.25) is 5.02 Å². The minimum atomic E-state index is -4.47. The maximum atomic E-state index is 13.5. The van der Waals surface area contributed by atoms with Gasteiger partial charge >= 0.3 is 6.18 Å². The third-order valence-corrected chi connectivity index (χ3v) is 6.23. The predicted molar refractivity (Wildman–Crippen MR) is 125 cm³/mol. The molecular formula is C26H20ClF3N2O3. The Morgan fingerprint density at radius 1 is 1.11 bits per heavy atom. The van der Waals surface area contributed by atoms with E-state index in [0.717, 1.165) is 12.5 Å². The zero-order valence-corrected chi connectivity index (χ0v) is 19.1. The monoisotopic (exact) mass is 500 g/mol. The number of oxazole rings is 1. The number of aromatic nitrogens is 1. The van der Waals surface area contributed by atoms with Crippen molar-refractivity contribution < 1.29 is 27.1 Å². The molecule has 0 saturated carbocycles. The second-order valence-electron chi connectivity index (χ2n) is 8.27. The zero-order chi connectivity index (χ0) is 24.6. The highest BCUT2D eigenvalue weighted by Gasteiger charge is 2.35. The highest BCUT2D eigenvalue weighted by molar-refractivity contribution is 6.30. The van der Waals surface area contributed by atoms with Crippen molar-refractivity contribution in [1.29, 1.82) is 0 Å². The molecule has 1 aliphatic heterocycles. The summed E-state index contributed by atoms with van der Waals surface area (Å²) < 4.78 is 51.9. The van der Waals surface area contributed by atoms with E-state index >= 15 is 0 Å². The lowest BCUT2D eigenvalue weighted by Gasteiger charge is -2.22. The quantitative estimate of drug-likeness (QED) is 0.299. The lowest BCUT2D eigenvalue weighted by molar-refractivity contribution is -0.137. The van der Waals surface area contributed by atoms with Crippen LogP contribution in [0.5, 0.6) is 5.75 Å². The van der Waals surface area contributed by atoms with E-state index in [1.54, 1.807) is 53.4 Å². The van der Waals surface area contributed by atoms with Gasteiger partial charge < -0.3 is 14.1 Å². The molecule has 1 aliphatic rings. The molecule has 4 aromatic rings. The highest BCUT2D eigenvalue weighted by atomic mass is 35.5. The number of rotatable bonds is 5. The minimum Gasteiger partial charge on any atom is -0.484 e. The van der Waals surface area contributed by atoms with E-state index in [1.165, 1.54) is 12.1 Å². The zero-order valence-electron chi connectivity index (χ0n) is 18.4.